The lowest BCUT2D eigenvalue weighted by Crippen LogP contribution is -2.42. The number of hydrogen-bond acceptors (Lipinski definition) is 3. The van der Waals surface area contributed by atoms with Gasteiger partial charge in [-0.15, -0.1) is 0 Å². The summed E-state index contributed by atoms with van der Waals surface area (Å²) in [5.74, 6) is -1.17. The molecule has 3 aromatic carbocycles. The van der Waals surface area contributed by atoms with Crippen molar-refractivity contribution in [3.63, 3.8) is 0 Å². The molecule has 0 aliphatic carbocycles. The van der Waals surface area contributed by atoms with E-state index in [1.165, 1.54) is 12.1 Å². The van der Waals surface area contributed by atoms with Crippen molar-refractivity contribution >= 4 is 11.8 Å². The maximum absolute atomic E-state index is 12.4. The van der Waals surface area contributed by atoms with Crippen LogP contribution in [-0.4, -0.2) is 16.9 Å². The maximum atomic E-state index is 12.4. The molecule has 0 radical (unpaired) electrons. The van der Waals surface area contributed by atoms with Crippen molar-refractivity contribution in [3.05, 3.63) is 102 Å². The second kappa shape index (κ2) is 8.67. The highest BCUT2D eigenvalue weighted by atomic mass is 16.3. The molecule has 3 aromatic rings. The number of amides is 2. The Labute approximate surface area is 157 Å². The van der Waals surface area contributed by atoms with Crippen LogP contribution in [-0.2, 0) is 4.79 Å². The molecule has 0 unspecified atom stereocenters. The van der Waals surface area contributed by atoms with Crippen molar-refractivity contribution in [1.29, 1.82) is 0 Å². The molecule has 0 aromatic heterocycles. The number of nitrogens with one attached hydrogen (secondary N) is 2. The van der Waals surface area contributed by atoms with Gasteiger partial charge in [0, 0.05) is 12.3 Å². The molecule has 3 N–H and O–H groups in total. The number of hydrogen-bond donors (Lipinski definition) is 3. The SMILES string of the molecule is O=C(CC(c1ccccc1)c1ccccc1)NNC(=O)c1ccccc1O. The number of para-hydroxylation sites is 1. The van der Waals surface area contributed by atoms with E-state index in [2.05, 4.69) is 10.9 Å². The molecule has 0 saturated carbocycles. The van der Waals surface area contributed by atoms with Crippen LogP contribution in [0.5, 0.6) is 5.75 Å². The molecule has 5 heteroatoms. The monoisotopic (exact) mass is 360 g/mol. The first-order chi connectivity index (χ1) is 13.1. The number of carbonyl (C=O) groups excluding carboxylic acids is 2. The first-order valence-corrected chi connectivity index (χ1v) is 8.62. The van der Waals surface area contributed by atoms with E-state index in [0.29, 0.717) is 0 Å². The van der Waals surface area contributed by atoms with E-state index in [9.17, 15) is 14.7 Å². The fourth-order valence-corrected chi connectivity index (χ4v) is 2.89. The highest BCUT2D eigenvalue weighted by Crippen LogP contribution is 2.27. The average molecular weight is 360 g/mol. The van der Waals surface area contributed by atoms with Gasteiger partial charge < -0.3 is 5.11 Å². The standard InChI is InChI=1S/C22H20N2O3/c25-20-14-8-7-13-18(20)22(27)24-23-21(26)15-19(16-9-3-1-4-10-16)17-11-5-2-6-12-17/h1-14,19,25H,15H2,(H,23,26)(H,24,27). The predicted molar refractivity (Wildman–Crippen MR) is 103 cm³/mol. The van der Waals surface area contributed by atoms with Gasteiger partial charge in [0.2, 0.25) is 5.91 Å². The summed E-state index contributed by atoms with van der Waals surface area (Å²) in [6, 6.07) is 25.7. The third-order valence-electron chi connectivity index (χ3n) is 4.26. The number of phenols is 1. The van der Waals surface area contributed by atoms with Crippen molar-refractivity contribution < 1.29 is 14.7 Å². The van der Waals surface area contributed by atoms with E-state index in [-0.39, 0.29) is 29.6 Å². The predicted octanol–water partition coefficient (Wildman–Crippen LogP) is 3.38. The van der Waals surface area contributed by atoms with E-state index in [4.69, 9.17) is 0 Å². The quantitative estimate of drug-likeness (QED) is 0.611. The molecule has 136 valence electrons. The molecule has 0 atom stereocenters. The van der Waals surface area contributed by atoms with Crippen LogP contribution in [0.1, 0.15) is 33.8 Å². The van der Waals surface area contributed by atoms with Crippen LogP contribution in [0.15, 0.2) is 84.9 Å². The lowest BCUT2D eigenvalue weighted by molar-refractivity contribution is -0.122. The Balaban J connectivity index is 1.68. The lowest BCUT2D eigenvalue weighted by atomic mass is 9.88. The molecule has 0 saturated heterocycles. The van der Waals surface area contributed by atoms with Crippen molar-refractivity contribution in [1.82, 2.24) is 10.9 Å². The van der Waals surface area contributed by atoms with Crippen LogP contribution in [0, 0.1) is 0 Å². The van der Waals surface area contributed by atoms with E-state index in [1.54, 1.807) is 12.1 Å². The lowest BCUT2D eigenvalue weighted by Gasteiger charge is -2.18. The smallest absolute Gasteiger partial charge is 0.273 e. The molecular weight excluding hydrogens is 340 g/mol. The van der Waals surface area contributed by atoms with Crippen LogP contribution in [0.3, 0.4) is 0 Å². The van der Waals surface area contributed by atoms with Crippen LogP contribution in [0.25, 0.3) is 0 Å². The van der Waals surface area contributed by atoms with E-state index < -0.39 is 5.91 Å². The number of phenolic OH excluding ortho intramolecular Hbond substituents is 1. The van der Waals surface area contributed by atoms with Gasteiger partial charge in [-0.2, -0.15) is 0 Å². The Morgan fingerprint density at radius 1 is 0.741 bits per heavy atom. The highest BCUT2D eigenvalue weighted by molar-refractivity contribution is 5.97. The van der Waals surface area contributed by atoms with Crippen molar-refractivity contribution in [2.75, 3.05) is 0 Å². The summed E-state index contributed by atoms with van der Waals surface area (Å²) >= 11 is 0. The third-order valence-corrected chi connectivity index (χ3v) is 4.26. The fourth-order valence-electron chi connectivity index (χ4n) is 2.89. The molecule has 3 rings (SSSR count). The normalized spacial score (nSPS) is 10.4. The Kier molecular flexibility index (Phi) is 5.84. The summed E-state index contributed by atoms with van der Waals surface area (Å²) in [6.07, 6.45) is 0.176. The van der Waals surface area contributed by atoms with Crippen LogP contribution in [0.2, 0.25) is 0 Å². The summed E-state index contributed by atoms with van der Waals surface area (Å²) in [5.41, 5.74) is 6.91. The van der Waals surface area contributed by atoms with E-state index >= 15 is 0 Å². The third kappa shape index (κ3) is 4.73. The van der Waals surface area contributed by atoms with Gasteiger partial charge in [-0.05, 0) is 23.3 Å². The number of aromatic hydroxyl groups is 1. The molecule has 0 bridgehead atoms. The number of carbonyl (C=O) groups is 2. The molecule has 0 spiro atoms. The van der Waals surface area contributed by atoms with Gasteiger partial charge in [0.25, 0.3) is 5.91 Å². The summed E-state index contributed by atoms with van der Waals surface area (Å²) in [6.45, 7) is 0. The maximum Gasteiger partial charge on any atom is 0.273 e. The minimum atomic E-state index is -0.572. The molecule has 0 aliphatic heterocycles. The summed E-state index contributed by atoms with van der Waals surface area (Å²) in [7, 11) is 0. The Morgan fingerprint density at radius 2 is 1.26 bits per heavy atom. The minimum absolute atomic E-state index is 0.0977. The van der Waals surface area contributed by atoms with Gasteiger partial charge in [0.15, 0.2) is 0 Å². The summed E-state index contributed by atoms with van der Waals surface area (Å²) in [4.78, 5) is 24.5. The van der Waals surface area contributed by atoms with Crippen LogP contribution < -0.4 is 10.9 Å². The van der Waals surface area contributed by atoms with Crippen LogP contribution >= 0.6 is 0 Å². The second-order valence-corrected chi connectivity index (χ2v) is 6.10. The Bertz CT molecular complexity index is 872. The zero-order chi connectivity index (χ0) is 19.1. The topological polar surface area (TPSA) is 78.4 Å². The van der Waals surface area contributed by atoms with Gasteiger partial charge in [-0.25, -0.2) is 0 Å². The number of benzene rings is 3. The average Bonchev–Trinajstić information content (AvgIpc) is 2.72. The molecule has 27 heavy (non-hydrogen) atoms. The van der Waals surface area contributed by atoms with Crippen molar-refractivity contribution in [3.8, 4) is 5.75 Å². The number of rotatable bonds is 5. The molecule has 0 heterocycles. The molecular formula is C22H20N2O3. The van der Waals surface area contributed by atoms with Crippen LogP contribution in [0.4, 0.5) is 0 Å². The largest absolute Gasteiger partial charge is 0.507 e. The molecule has 0 aliphatic rings. The van der Waals surface area contributed by atoms with E-state index in [1.807, 2.05) is 60.7 Å². The second-order valence-electron chi connectivity index (χ2n) is 6.10. The highest BCUT2D eigenvalue weighted by Gasteiger charge is 2.19. The van der Waals surface area contributed by atoms with Crippen molar-refractivity contribution in [2.24, 2.45) is 0 Å². The molecule has 0 fully saturated rings. The Hall–Kier alpha value is -3.60. The zero-order valence-electron chi connectivity index (χ0n) is 14.6. The van der Waals surface area contributed by atoms with Gasteiger partial charge in [0.05, 0.1) is 5.56 Å². The fraction of sp³-hybridized carbons (Fsp3) is 0.0909. The summed E-state index contributed by atoms with van der Waals surface area (Å²) in [5, 5.41) is 9.72. The van der Waals surface area contributed by atoms with Gasteiger partial charge >= 0.3 is 0 Å². The zero-order valence-corrected chi connectivity index (χ0v) is 14.6. The summed E-state index contributed by atoms with van der Waals surface area (Å²) < 4.78 is 0. The van der Waals surface area contributed by atoms with Gasteiger partial charge in [-0.1, -0.05) is 72.8 Å². The Morgan fingerprint density at radius 3 is 1.81 bits per heavy atom. The first-order valence-electron chi connectivity index (χ1n) is 8.62. The molecule has 5 nitrogen and oxygen atoms in total. The van der Waals surface area contributed by atoms with Gasteiger partial charge in [0.1, 0.15) is 5.75 Å². The van der Waals surface area contributed by atoms with Crippen molar-refractivity contribution in [2.45, 2.75) is 12.3 Å². The minimum Gasteiger partial charge on any atom is -0.507 e. The number of hydrazine groups is 1. The van der Waals surface area contributed by atoms with E-state index in [0.717, 1.165) is 11.1 Å². The molecule has 2 amide bonds. The first kappa shape index (κ1) is 18.2. The van der Waals surface area contributed by atoms with Gasteiger partial charge in [-0.3, -0.25) is 20.4 Å².